The number of likely N-dealkylation sites (N-methyl/N-ethyl adjacent to an activating group) is 1. The van der Waals surface area contributed by atoms with E-state index in [4.69, 9.17) is 4.74 Å². The summed E-state index contributed by atoms with van der Waals surface area (Å²) < 4.78 is 5.40. The average molecular weight is 297 g/mol. The van der Waals surface area contributed by atoms with Crippen LogP contribution in [-0.4, -0.2) is 69.6 Å². The van der Waals surface area contributed by atoms with Crippen LogP contribution in [0.4, 0.5) is 0 Å². The Morgan fingerprint density at radius 2 is 1.76 bits per heavy atom. The van der Waals surface area contributed by atoms with Gasteiger partial charge < -0.3 is 25.2 Å². The number of hydrogen-bond acceptors (Lipinski definition) is 6. The van der Waals surface area contributed by atoms with E-state index in [1.807, 2.05) is 37.3 Å². The fraction of sp³-hybridized carbons (Fsp3) is 0.600. The number of hydrogen-bond donors (Lipinski definition) is 4. The average Bonchev–Trinajstić information content (AvgIpc) is 2.51. The van der Waals surface area contributed by atoms with Crippen molar-refractivity contribution in [3.63, 3.8) is 0 Å². The third-order valence-corrected chi connectivity index (χ3v) is 4.12. The van der Waals surface area contributed by atoms with Crippen molar-refractivity contribution < 1.29 is 25.2 Å². The lowest BCUT2D eigenvalue weighted by Crippen LogP contribution is -2.60. The van der Waals surface area contributed by atoms with Crippen molar-refractivity contribution >= 4 is 0 Å². The fourth-order valence-electron chi connectivity index (χ4n) is 2.53. The SMILES string of the molecule is C[C@H]([C@H](O)c1ccccc1)N(C)[C@@H]1OC[C@H](O)[C@H](O)[C@H]1O. The van der Waals surface area contributed by atoms with Gasteiger partial charge in [0.2, 0.25) is 0 Å². The molecule has 1 aliphatic rings. The molecule has 4 N–H and O–H groups in total. The summed E-state index contributed by atoms with van der Waals surface area (Å²) >= 11 is 0. The van der Waals surface area contributed by atoms with E-state index in [2.05, 4.69) is 0 Å². The Hall–Kier alpha value is -1.02. The molecule has 6 heteroatoms. The fourth-order valence-corrected chi connectivity index (χ4v) is 2.53. The maximum absolute atomic E-state index is 10.4. The highest BCUT2D eigenvalue weighted by Crippen LogP contribution is 2.25. The van der Waals surface area contributed by atoms with Crippen LogP contribution in [0, 0.1) is 0 Å². The van der Waals surface area contributed by atoms with Gasteiger partial charge in [-0.05, 0) is 19.5 Å². The summed E-state index contributed by atoms with van der Waals surface area (Å²) in [7, 11) is 1.70. The molecule has 0 bridgehead atoms. The predicted molar refractivity (Wildman–Crippen MR) is 76.4 cm³/mol. The number of ether oxygens (including phenoxy) is 1. The Bertz CT molecular complexity index is 443. The van der Waals surface area contributed by atoms with Crippen molar-refractivity contribution in [2.75, 3.05) is 13.7 Å². The van der Waals surface area contributed by atoms with Crippen LogP contribution in [0.2, 0.25) is 0 Å². The van der Waals surface area contributed by atoms with E-state index in [9.17, 15) is 20.4 Å². The quantitative estimate of drug-likeness (QED) is 0.597. The Morgan fingerprint density at radius 3 is 2.38 bits per heavy atom. The van der Waals surface area contributed by atoms with Crippen molar-refractivity contribution in [3.8, 4) is 0 Å². The molecule has 0 unspecified atom stereocenters. The van der Waals surface area contributed by atoms with Gasteiger partial charge in [-0.3, -0.25) is 4.90 Å². The molecule has 118 valence electrons. The molecule has 21 heavy (non-hydrogen) atoms. The molecule has 0 aromatic heterocycles. The zero-order chi connectivity index (χ0) is 15.6. The second kappa shape index (κ2) is 6.83. The topological polar surface area (TPSA) is 93.4 Å². The summed E-state index contributed by atoms with van der Waals surface area (Å²) in [6.45, 7) is 1.76. The molecule has 1 saturated heterocycles. The minimum atomic E-state index is -1.26. The highest BCUT2D eigenvalue weighted by molar-refractivity contribution is 5.18. The number of aliphatic hydroxyl groups excluding tert-OH is 4. The van der Waals surface area contributed by atoms with Crippen LogP contribution >= 0.6 is 0 Å². The molecule has 0 radical (unpaired) electrons. The van der Waals surface area contributed by atoms with Crippen LogP contribution in [0.15, 0.2) is 30.3 Å². The molecule has 1 aromatic carbocycles. The van der Waals surface area contributed by atoms with E-state index in [0.29, 0.717) is 0 Å². The molecule has 0 amide bonds. The Labute approximate surface area is 124 Å². The maximum atomic E-state index is 10.4. The smallest absolute Gasteiger partial charge is 0.139 e. The van der Waals surface area contributed by atoms with Crippen LogP contribution in [0.25, 0.3) is 0 Å². The molecule has 0 saturated carbocycles. The highest BCUT2D eigenvalue weighted by Gasteiger charge is 2.41. The normalized spacial score (nSPS) is 32.9. The molecule has 6 nitrogen and oxygen atoms in total. The standard InChI is InChI=1S/C15H23NO5/c1-9(12(18)10-6-4-3-5-7-10)16(2)15-14(20)13(19)11(17)8-21-15/h3-7,9,11-15,17-20H,8H2,1-2H3/t9-,11+,12+,13+,14-,15-/m1/s1. The molecular weight excluding hydrogens is 274 g/mol. The van der Waals surface area contributed by atoms with E-state index in [1.165, 1.54) is 0 Å². The monoisotopic (exact) mass is 297 g/mol. The molecular formula is C15H23NO5. The molecule has 1 aromatic rings. The molecule has 1 fully saturated rings. The lowest BCUT2D eigenvalue weighted by Gasteiger charge is -2.43. The summed E-state index contributed by atoms with van der Waals surface area (Å²) in [5, 5.41) is 39.6. The van der Waals surface area contributed by atoms with Crippen LogP contribution in [0.5, 0.6) is 0 Å². The van der Waals surface area contributed by atoms with Crippen molar-refractivity contribution in [1.29, 1.82) is 0 Å². The minimum absolute atomic E-state index is 0.0542. The first-order valence-electron chi connectivity index (χ1n) is 7.04. The molecule has 0 aliphatic carbocycles. The Balaban J connectivity index is 2.07. The van der Waals surface area contributed by atoms with E-state index >= 15 is 0 Å². The second-order valence-electron chi connectivity index (χ2n) is 5.53. The molecule has 0 spiro atoms. The van der Waals surface area contributed by atoms with E-state index in [-0.39, 0.29) is 12.6 Å². The van der Waals surface area contributed by atoms with Crippen molar-refractivity contribution in [3.05, 3.63) is 35.9 Å². The number of benzene rings is 1. The van der Waals surface area contributed by atoms with Gasteiger partial charge in [0, 0.05) is 6.04 Å². The van der Waals surface area contributed by atoms with Gasteiger partial charge in [0.25, 0.3) is 0 Å². The van der Waals surface area contributed by atoms with Crippen LogP contribution in [0.1, 0.15) is 18.6 Å². The Morgan fingerprint density at radius 1 is 1.14 bits per heavy atom. The highest BCUT2D eigenvalue weighted by atomic mass is 16.5. The summed E-state index contributed by atoms with van der Waals surface area (Å²) in [6.07, 6.45) is -5.12. The van der Waals surface area contributed by atoms with E-state index in [0.717, 1.165) is 5.56 Å². The Kier molecular flexibility index (Phi) is 5.32. The van der Waals surface area contributed by atoms with Gasteiger partial charge in [-0.15, -0.1) is 0 Å². The van der Waals surface area contributed by atoms with Gasteiger partial charge in [-0.25, -0.2) is 0 Å². The van der Waals surface area contributed by atoms with Gasteiger partial charge in [0.15, 0.2) is 0 Å². The number of aliphatic hydroxyl groups is 4. The zero-order valence-electron chi connectivity index (χ0n) is 12.2. The molecule has 6 atom stereocenters. The summed E-state index contributed by atoms with van der Waals surface area (Å²) in [5.74, 6) is 0. The van der Waals surface area contributed by atoms with Crippen molar-refractivity contribution in [2.24, 2.45) is 0 Å². The lowest BCUT2D eigenvalue weighted by atomic mass is 9.99. The van der Waals surface area contributed by atoms with Crippen LogP contribution in [0.3, 0.4) is 0 Å². The molecule has 2 rings (SSSR count). The number of rotatable bonds is 4. The van der Waals surface area contributed by atoms with Gasteiger partial charge in [0.1, 0.15) is 24.5 Å². The summed E-state index contributed by atoms with van der Waals surface area (Å²) in [4.78, 5) is 1.66. The third-order valence-electron chi connectivity index (χ3n) is 4.12. The summed E-state index contributed by atoms with van der Waals surface area (Å²) in [5.41, 5.74) is 0.766. The maximum Gasteiger partial charge on any atom is 0.139 e. The first-order valence-corrected chi connectivity index (χ1v) is 7.04. The summed E-state index contributed by atoms with van der Waals surface area (Å²) in [6, 6.07) is 8.87. The van der Waals surface area contributed by atoms with Gasteiger partial charge in [-0.2, -0.15) is 0 Å². The van der Waals surface area contributed by atoms with Crippen molar-refractivity contribution in [2.45, 2.75) is 43.6 Å². The zero-order valence-corrected chi connectivity index (χ0v) is 12.2. The van der Waals surface area contributed by atoms with E-state index < -0.39 is 30.6 Å². The first-order chi connectivity index (χ1) is 9.93. The van der Waals surface area contributed by atoms with Crippen LogP contribution in [-0.2, 0) is 4.74 Å². The number of nitrogens with zero attached hydrogens (tertiary/aromatic N) is 1. The van der Waals surface area contributed by atoms with Gasteiger partial charge >= 0.3 is 0 Å². The largest absolute Gasteiger partial charge is 0.388 e. The minimum Gasteiger partial charge on any atom is -0.388 e. The molecule has 1 heterocycles. The first kappa shape index (κ1) is 16.4. The van der Waals surface area contributed by atoms with Gasteiger partial charge in [-0.1, -0.05) is 30.3 Å². The predicted octanol–water partition coefficient (Wildman–Crippen LogP) is -0.521. The third kappa shape index (κ3) is 3.42. The second-order valence-corrected chi connectivity index (χ2v) is 5.53. The van der Waals surface area contributed by atoms with Crippen LogP contribution < -0.4 is 0 Å². The lowest BCUT2D eigenvalue weighted by molar-refractivity contribution is -0.233. The van der Waals surface area contributed by atoms with E-state index in [1.54, 1.807) is 11.9 Å². The molecule has 1 aliphatic heterocycles. The van der Waals surface area contributed by atoms with Crippen molar-refractivity contribution in [1.82, 2.24) is 4.90 Å². The van der Waals surface area contributed by atoms with Gasteiger partial charge in [0.05, 0.1) is 12.7 Å².